The minimum atomic E-state index is -5.67. The molecule has 1 aliphatic rings. The number of anilines is 1. The molecule has 1 unspecified atom stereocenters. The van der Waals surface area contributed by atoms with Crippen molar-refractivity contribution in [2.24, 2.45) is 5.92 Å². The van der Waals surface area contributed by atoms with Gasteiger partial charge in [-0.3, -0.25) is 4.79 Å². The number of carbonyl (C=O) groups is 1. The maximum atomic E-state index is 13.4. The Morgan fingerprint density at radius 1 is 1.36 bits per heavy atom. The first-order valence-electron chi connectivity index (χ1n) is 7.62. The Morgan fingerprint density at radius 3 is 2.64 bits per heavy atom. The van der Waals surface area contributed by atoms with Crippen LogP contribution in [0.4, 0.5) is 23.2 Å². The van der Waals surface area contributed by atoms with Crippen LogP contribution in [0.3, 0.4) is 0 Å². The van der Waals surface area contributed by atoms with E-state index in [1.165, 1.54) is 11.8 Å². The van der Waals surface area contributed by atoms with E-state index in [4.69, 9.17) is 0 Å². The summed E-state index contributed by atoms with van der Waals surface area (Å²) in [5.41, 5.74) is -5.69. The second-order valence-electron chi connectivity index (χ2n) is 5.95. The van der Waals surface area contributed by atoms with E-state index in [2.05, 4.69) is 5.32 Å². The van der Waals surface area contributed by atoms with Gasteiger partial charge in [0.25, 0.3) is 9.84 Å². The van der Waals surface area contributed by atoms with E-state index in [1.807, 2.05) is 0 Å². The van der Waals surface area contributed by atoms with Gasteiger partial charge in [0.1, 0.15) is 10.7 Å². The highest BCUT2D eigenvalue weighted by molar-refractivity contribution is 7.92. The summed E-state index contributed by atoms with van der Waals surface area (Å²) >= 11 is 0. The molecule has 1 aromatic rings. The third kappa shape index (κ3) is 4.42. The number of hydrogen-bond donors (Lipinski definition) is 1. The summed E-state index contributed by atoms with van der Waals surface area (Å²) in [6, 6.07) is 2.38. The second kappa shape index (κ2) is 7.19. The quantitative estimate of drug-likeness (QED) is 0.813. The van der Waals surface area contributed by atoms with E-state index in [9.17, 15) is 30.8 Å². The highest BCUT2D eigenvalue weighted by atomic mass is 32.2. The van der Waals surface area contributed by atoms with Crippen molar-refractivity contribution < 1.29 is 30.8 Å². The average Bonchev–Trinajstić information content (AvgIpc) is 2.52. The lowest BCUT2D eigenvalue weighted by Gasteiger charge is -2.35. The van der Waals surface area contributed by atoms with Crippen LogP contribution in [0.25, 0.3) is 0 Å². The zero-order chi connectivity index (χ0) is 18.8. The van der Waals surface area contributed by atoms with Gasteiger partial charge < -0.3 is 10.2 Å². The van der Waals surface area contributed by atoms with Crippen LogP contribution in [0, 0.1) is 11.7 Å². The van der Waals surface area contributed by atoms with Gasteiger partial charge >= 0.3 is 5.51 Å². The van der Waals surface area contributed by atoms with Crippen molar-refractivity contribution in [2.45, 2.75) is 30.2 Å². The molecule has 0 radical (unpaired) electrons. The van der Waals surface area contributed by atoms with Crippen molar-refractivity contribution in [1.29, 1.82) is 0 Å². The topological polar surface area (TPSA) is 66.5 Å². The molecule has 1 aromatic carbocycles. The fraction of sp³-hybridized carbons (Fsp3) is 0.533. The van der Waals surface area contributed by atoms with Crippen LogP contribution in [0.1, 0.15) is 19.8 Å². The summed E-state index contributed by atoms with van der Waals surface area (Å²) in [5, 5.41) is 2.64. The minimum Gasteiger partial charge on any atom is -0.370 e. The van der Waals surface area contributed by atoms with E-state index >= 15 is 0 Å². The van der Waals surface area contributed by atoms with Crippen LogP contribution in [-0.2, 0) is 14.6 Å². The number of nitrogens with one attached hydrogen (secondary N) is 1. The van der Waals surface area contributed by atoms with Crippen molar-refractivity contribution >= 4 is 21.4 Å². The monoisotopic (exact) mass is 382 g/mol. The predicted molar refractivity (Wildman–Crippen MR) is 83.3 cm³/mol. The van der Waals surface area contributed by atoms with Crippen LogP contribution in [0.15, 0.2) is 23.1 Å². The van der Waals surface area contributed by atoms with Crippen molar-refractivity contribution in [2.75, 3.05) is 24.5 Å². The Hall–Kier alpha value is -1.84. The van der Waals surface area contributed by atoms with Gasteiger partial charge in [-0.05, 0) is 37.0 Å². The van der Waals surface area contributed by atoms with Crippen LogP contribution >= 0.6 is 0 Å². The number of nitrogens with zero attached hydrogens (tertiary/aromatic N) is 1. The molecule has 1 saturated heterocycles. The first-order valence-corrected chi connectivity index (χ1v) is 9.11. The lowest BCUT2D eigenvalue weighted by molar-refractivity contribution is -0.119. The molecule has 0 spiro atoms. The fourth-order valence-corrected chi connectivity index (χ4v) is 3.82. The number of amides is 1. The van der Waals surface area contributed by atoms with Crippen molar-refractivity contribution in [3.63, 3.8) is 0 Å². The number of hydrogen-bond acceptors (Lipinski definition) is 4. The summed E-state index contributed by atoms with van der Waals surface area (Å²) < 4.78 is 75.7. The SMILES string of the molecule is CC(=O)NCC1CCCN(c2ccc(F)cc2S(=O)(=O)C(F)(F)F)C1. The standard InChI is InChI=1S/C15H18F4N2O3S/c1-10(22)20-8-11-3-2-6-21(9-11)13-5-4-12(16)7-14(13)25(23,24)15(17,18)19/h4-5,7,11H,2-3,6,8-9H2,1H3,(H,20,22). The van der Waals surface area contributed by atoms with Crippen molar-refractivity contribution in [3.8, 4) is 0 Å². The molecule has 1 heterocycles. The second-order valence-corrected chi connectivity index (χ2v) is 7.86. The maximum absolute atomic E-state index is 13.4. The van der Waals surface area contributed by atoms with Crippen LogP contribution < -0.4 is 10.2 Å². The van der Waals surface area contributed by atoms with Gasteiger partial charge in [-0.15, -0.1) is 0 Å². The van der Waals surface area contributed by atoms with Gasteiger partial charge in [0.2, 0.25) is 5.91 Å². The van der Waals surface area contributed by atoms with Gasteiger partial charge in [0, 0.05) is 26.6 Å². The molecule has 1 atom stereocenters. The Balaban J connectivity index is 2.35. The highest BCUT2D eigenvalue weighted by Gasteiger charge is 2.48. The molecule has 0 aliphatic carbocycles. The smallest absolute Gasteiger partial charge is 0.370 e. The van der Waals surface area contributed by atoms with E-state index in [-0.39, 0.29) is 24.1 Å². The first kappa shape index (κ1) is 19.5. The van der Waals surface area contributed by atoms with Gasteiger partial charge in [-0.25, -0.2) is 12.8 Å². The zero-order valence-corrected chi connectivity index (χ0v) is 14.3. The molecule has 0 saturated carbocycles. The Labute approximate surface area is 142 Å². The van der Waals surface area contributed by atoms with Crippen LogP contribution in [-0.4, -0.2) is 39.5 Å². The Bertz CT molecular complexity index is 750. The van der Waals surface area contributed by atoms with E-state index < -0.39 is 26.1 Å². The fourth-order valence-electron chi connectivity index (χ4n) is 2.83. The number of rotatable bonds is 4. The molecule has 0 bridgehead atoms. The average molecular weight is 382 g/mol. The largest absolute Gasteiger partial charge is 0.501 e. The molecule has 140 valence electrons. The predicted octanol–water partition coefficient (Wildman–Crippen LogP) is 2.47. The molecular weight excluding hydrogens is 364 g/mol. The van der Waals surface area contributed by atoms with Gasteiger partial charge in [0.15, 0.2) is 0 Å². The lowest BCUT2D eigenvalue weighted by atomic mass is 9.97. The number of benzene rings is 1. The Morgan fingerprint density at radius 2 is 2.04 bits per heavy atom. The van der Waals surface area contributed by atoms with Crippen molar-refractivity contribution in [3.05, 3.63) is 24.0 Å². The summed E-state index contributed by atoms with van der Waals surface area (Å²) in [4.78, 5) is 11.4. The minimum absolute atomic E-state index is 0.0378. The molecule has 1 aliphatic heterocycles. The molecule has 1 amide bonds. The zero-order valence-electron chi connectivity index (χ0n) is 13.4. The van der Waals surface area contributed by atoms with Gasteiger partial charge in [-0.1, -0.05) is 0 Å². The van der Waals surface area contributed by atoms with Crippen LogP contribution in [0.5, 0.6) is 0 Å². The molecule has 0 aromatic heterocycles. The molecular formula is C15H18F4N2O3S. The van der Waals surface area contributed by atoms with Gasteiger partial charge in [-0.2, -0.15) is 13.2 Å². The molecule has 1 N–H and O–H groups in total. The van der Waals surface area contributed by atoms with E-state index in [1.54, 1.807) is 0 Å². The summed E-state index contributed by atoms with van der Waals surface area (Å²) in [5.74, 6) is -1.32. The van der Waals surface area contributed by atoms with Gasteiger partial charge in [0.05, 0.1) is 5.69 Å². The molecule has 5 nitrogen and oxygen atoms in total. The molecule has 1 fully saturated rings. The first-order chi connectivity index (χ1) is 11.5. The number of piperidine rings is 1. The lowest BCUT2D eigenvalue weighted by Crippen LogP contribution is -2.41. The van der Waals surface area contributed by atoms with Crippen LogP contribution in [0.2, 0.25) is 0 Å². The number of carbonyl (C=O) groups excluding carboxylic acids is 1. The summed E-state index contributed by atoms with van der Waals surface area (Å²) in [6.45, 7) is 2.32. The van der Waals surface area contributed by atoms with E-state index in [0.29, 0.717) is 25.6 Å². The normalized spacial score (nSPS) is 18.9. The van der Waals surface area contributed by atoms with Crippen molar-refractivity contribution in [1.82, 2.24) is 5.32 Å². The third-order valence-electron chi connectivity index (χ3n) is 4.02. The molecule has 25 heavy (non-hydrogen) atoms. The third-order valence-corrected chi connectivity index (χ3v) is 5.53. The number of alkyl halides is 3. The maximum Gasteiger partial charge on any atom is 0.501 e. The molecule has 10 heteroatoms. The van der Waals surface area contributed by atoms with E-state index in [0.717, 1.165) is 18.6 Å². The highest BCUT2D eigenvalue weighted by Crippen LogP contribution is 2.37. The molecule has 2 rings (SSSR count). The Kier molecular flexibility index (Phi) is 5.60. The summed E-state index contributed by atoms with van der Waals surface area (Å²) in [6.07, 6.45) is 1.37. The number of sulfone groups is 1. The number of halogens is 4. The summed E-state index contributed by atoms with van der Waals surface area (Å²) in [7, 11) is -5.67.